The topological polar surface area (TPSA) is 29.5 Å². The van der Waals surface area contributed by atoms with E-state index in [4.69, 9.17) is 4.74 Å². The van der Waals surface area contributed by atoms with E-state index in [1.807, 2.05) is 0 Å². The number of amides is 1. The van der Waals surface area contributed by atoms with Crippen molar-refractivity contribution in [3.8, 4) is 0 Å². The fourth-order valence-corrected chi connectivity index (χ4v) is 5.34. The Morgan fingerprint density at radius 2 is 1.95 bits per heavy atom. The van der Waals surface area contributed by atoms with Gasteiger partial charge in [0.15, 0.2) is 5.72 Å². The van der Waals surface area contributed by atoms with E-state index in [0.717, 1.165) is 26.0 Å². The summed E-state index contributed by atoms with van der Waals surface area (Å²) >= 11 is 0. The number of hydrogen-bond acceptors (Lipinski definition) is 2. The number of benzene rings is 1. The summed E-state index contributed by atoms with van der Waals surface area (Å²) in [5.74, 6) is 1.66. The van der Waals surface area contributed by atoms with E-state index in [2.05, 4.69) is 48.2 Å². The minimum Gasteiger partial charge on any atom is -0.351 e. The molecule has 0 radical (unpaired) electrons. The van der Waals surface area contributed by atoms with Crippen LogP contribution in [-0.2, 0) is 15.3 Å². The molecule has 1 saturated carbocycles. The highest BCUT2D eigenvalue weighted by molar-refractivity contribution is 5.85. The molecule has 2 bridgehead atoms. The molecular formula is C19H21NO2. The first-order valence-electron chi connectivity index (χ1n) is 8.43. The molecule has 3 fully saturated rings. The van der Waals surface area contributed by atoms with E-state index < -0.39 is 5.72 Å². The van der Waals surface area contributed by atoms with Gasteiger partial charge < -0.3 is 9.64 Å². The van der Waals surface area contributed by atoms with Crippen LogP contribution in [0.25, 0.3) is 0 Å². The molecule has 5 atom stereocenters. The van der Waals surface area contributed by atoms with Crippen molar-refractivity contribution in [3.63, 3.8) is 0 Å². The average Bonchev–Trinajstić information content (AvgIpc) is 3.21. The standard InChI is InChI=1S/C19H21NO2/c1-12-3-7-15(8-4-12)19-17-14-6-5-13(11-14)16(17)18(21)20(19)9-2-10-22-19/h3-8,13-14,16-17H,2,9-11H2,1H3/t13-,14+,16+,17-,19+/m0/s1. The van der Waals surface area contributed by atoms with Crippen LogP contribution in [0.1, 0.15) is 24.0 Å². The molecule has 0 spiro atoms. The van der Waals surface area contributed by atoms with Gasteiger partial charge >= 0.3 is 0 Å². The second kappa shape index (κ2) is 4.23. The van der Waals surface area contributed by atoms with Gasteiger partial charge in [0.05, 0.1) is 12.5 Å². The fraction of sp³-hybridized carbons (Fsp3) is 0.526. The molecule has 22 heavy (non-hydrogen) atoms. The van der Waals surface area contributed by atoms with Crippen molar-refractivity contribution >= 4 is 5.91 Å². The van der Waals surface area contributed by atoms with Crippen molar-refractivity contribution in [1.82, 2.24) is 4.90 Å². The van der Waals surface area contributed by atoms with E-state index in [9.17, 15) is 4.79 Å². The Hall–Kier alpha value is -1.61. The number of carbonyl (C=O) groups excluding carboxylic acids is 1. The van der Waals surface area contributed by atoms with Gasteiger partial charge in [-0.25, -0.2) is 0 Å². The number of ether oxygens (including phenoxy) is 1. The van der Waals surface area contributed by atoms with Crippen LogP contribution in [0, 0.1) is 30.6 Å². The van der Waals surface area contributed by atoms with Gasteiger partial charge in [-0.05, 0) is 31.6 Å². The molecule has 3 heteroatoms. The van der Waals surface area contributed by atoms with Gasteiger partial charge in [0.1, 0.15) is 0 Å². The van der Waals surface area contributed by atoms with Gasteiger partial charge in [-0.15, -0.1) is 0 Å². The number of hydrogen-bond donors (Lipinski definition) is 0. The summed E-state index contributed by atoms with van der Waals surface area (Å²) in [5.41, 5.74) is 1.90. The van der Waals surface area contributed by atoms with Gasteiger partial charge in [0.25, 0.3) is 0 Å². The Balaban J connectivity index is 1.70. The van der Waals surface area contributed by atoms with Gasteiger partial charge in [-0.3, -0.25) is 4.79 Å². The lowest BCUT2D eigenvalue weighted by Crippen LogP contribution is -2.53. The first kappa shape index (κ1) is 12.9. The van der Waals surface area contributed by atoms with E-state index in [-0.39, 0.29) is 11.8 Å². The quantitative estimate of drug-likeness (QED) is 0.746. The maximum atomic E-state index is 13.1. The van der Waals surface area contributed by atoms with Crippen molar-refractivity contribution in [2.75, 3.05) is 13.2 Å². The predicted molar refractivity (Wildman–Crippen MR) is 82.9 cm³/mol. The molecule has 0 unspecified atom stereocenters. The summed E-state index contributed by atoms with van der Waals surface area (Å²) in [4.78, 5) is 15.1. The third kappa shape index (κ3) is 1.38. The Labute approximate surface area is 130 Å². The number of allylic oxidation sites excluding steroid dienone is 2. The van der Waals surface area contributed by atoms with E-state index in [1.165, 1.54) is 11.1 Å². The zero-order valence-corrected chi connectivity index (χ0v) is 12.9. The molecule has 2 aliphatic heterocycles. The largest absolute Gasteiger partial charge is 0.351 e. The van der Waals surface area contributed by atoms with Gasteiger partial charge in [0.2, 0.25) is 5.91 Å². The van der Waals surface area contributed by atoms with Crippen LogP contribution < -0.4 is 0 Å². The third-order valence-corrected chi connectivity index (χ3v) is 6.18. The molecule has 5 rings (SSSR count). The maximum absolute atomic E-state index is 13.1. The maximum Gasteiger partial charge on any atom is 0.229 e. The molecule has 0 aromatic heterocycles. The number of nitrogens with zero attached hydrogens (tertiary/aromatic N) is 1. The van der Waals surface area contributed by atoms with Crippen molar-refractivity contribution in [1.29, 1.82) is 0 Å². The zero-order valence-electron chi connectivity index (χ0n) is 12.9. The molecule has 1 aromatic rings. The molecule has 114 valence electrons. The van der Waals surface area contributed by atoms with Crippen LogP contribution in [0.4, 0.5) is 0 Å². The van der Waals surface area contributed by atoms with Crippen LogP contribution in [0.5, 0.6) is 0 Å². The van der Waals surface area contributed by atoms with Crippen LogP contribution in [0.15, 0.2) is 36.4 Å². The Kier molecular flexibility index (Phi) is 2.48. The Bertz CT molecular complexity index is 665. The number of carbonyl (C=O) groups is 1. The highest BCUT2D eigenvalue weighted by atomic mass is 16.5. The highest BCUT2D eigenvalue weighted by Gasteiger charge is 2.68. The van der Waals surface area contributed by atoms with E-state index >= 15 is 0 Å². The molecule has 1 aromatic carbocycles. The molecule has 1 amide bonds. The van der Waals surface area contributed by atoms with Crippen molar-refractivity contribution in [3.05, 3.63) is 47.5 Å². The van der Waals surface area contributed by atoms with E-state index in [1.54, 1.807) is 0 Å². The van der Waals surface area contributed by atoms with Gasteiger partial charge in [-0.1, -0.05) is 42.0 Å². The first-order valence-corrected chi connectivity index (χ1v) is 8.43. The second-order valence-corrected chi connectivity index (χ2v) is 7.25. The lowest BCUT2D eigenvalue weighted by atomic mass is 9.76. The zero-order chi connectivity index (χ0) is 14.9. The molecule has 0 N–H and O–H groups in total. The van der Waals surface area contributed by atoms with Crippen LogP contribution >= 0.6 is 0 Å². The summed E-state index contributed by atoms with van der Waals surface area (Å²) in [5, 5.41) is 0. The molecule has 3 nitrogen and oxygen atoms in total. The molecule has 2 aliphatic carbocycles. The minimum absolute atomic E-state index is 0.134. The summed E-state index contributed by atoms with van der Waals surface area (Å²) in [7, 11) is 0. The number of aryl methyl sites for hydroxylation is 1. The molecular weight excluding hydrogens is 274 g/mol. The van der Waals surface area contributed by atoms with Crippen molar-refractivity contribution in [2.45, 2.75) is 25.5 Å². The SMILES string of the molecule is Cc1ccc([C@]23OCCCN2C(=O)[C@H]2[C@@H]3[C@@H]3C=C[C@H]2C3)cc1. The lowest BCUT2D eigenvalue weighted by molar-refractivity contribution is -0.204. The Morgan fingerprint density at radius 3 is 2.77 bits per heavy atom. The molecule has 2 heterocycles. The highest BCUT2D eigenvalue weighted by Crippen LogP contribution is 2.62. The van der Waals surface area contributed by atoms with Gasteiger partial charge in [-0.2, -0.15) is 0 Å². The van der Waals surface area contributed by atoms with Gasteiger partial charge in [0, 0.05) is 18.0 Å². The summed E-state index contributed by atoms with van der Waals surface area (Å²) < 4.78 is 6.42. The first-order chi connectivity index (χ1) is 10.7. The molecule has 4 aliphatic rings. The van der Waals surface area contributed by atoms with Crippen LogP contribution in [0.3, 0.4) is 0 Å². The van der Waals surface area contributed by atoms with Crippen molar-refractivity contribution < 1.29 is 9.53 Å². The second-order valence-electron chi connectivity index (χ2n) is 7.25. The third-order valence-electron chi connectivity index (χ3n) is 6.18. The fourth-order valence-electron chi connectivity index (χ4n) is 5.34. The van der Waals surface area contributed by atoms with Crippen LogP contribution in [0.2, 0.25) is 0 Å². The number of fused-ring (bicyclic) bond motifs is 7. The van der Waals surface area contributed by atoms with Crippen LogP contribution in [-0.4, -0.2) is 24.0 Å². The normalized spacial score (nSPS) is 41.9. The average molecular weight is 295 g/mol. The minimum atomic E-state index is -0.516. The van der Waals surface area contributed by atoms with Crippen molar-refractivity contribution in [2.24, 2.45) is 23.7 Å². The monoisotopic (exact) mass is 295 g/mol. The molecule has 2 saturated heterocycles. The lowest BCUT2D eigenvalue weighted by Gasteiger charge is -2.46. The summed E-state index contributed by atoms with van der Waals surface area (Å²) in [6.07, 6.45) is 6.68. The summed E-state index contributed by atoms with van der Waals surface area (Å²) in [6.45, 7) is 3.69. The smallest absolute Gasteiger partial charge is 0.229 e. The number of rotatable bonds is 1. The Morgan fingerprint density at radius 1 is 1.18 bits per heavy atom. The predicted octanol–water partition coefficient (Wildman–Crippen LogP) is 2.85. The summed E-state index contributed by atoms with van der Waals surface area (Å²) in [6, 6.07) is 8.61. The van der Waals surface area contributed by atoms with E-state index in [0.29, 0.717) is 17.7 Å².